The van der Waals surface area contributed by atoms with Crippen molar-refractivity contribution in [3.63, 3.8) is 0 Å². The minimum atomic E-state index is -1.01. The van der Waals surface area contributed by atoms with Crippen LogP contribution in [0, 0.1) is 0 Å². The Kier molecular flexibility index (Phi) is 11.7. The van der Waals surface area contributed by atoms with E-state index in [2.05, 4.69) is 23.3 Å². The number of carbonyl (C=O) groups excluding carboxylic acids is 3. The molecule has 0 aliphatic rings. The van der Waals surface area contributed by atoms with Crippen molar-refractivity contribution < 1.29 is 24.2 Å². The van der Waals surface area contributed by atoms with Crippen molar-refractivity contribution in [3.8, 4) is 5.75 Å². The zero-order valence-electron chi connectivity index (χ0n) is 21.4. The minimum absolute atomic E-state index is 0.00826. The maximum atomic E-state index is 13.8. The molecule has 34 heavy (non-hydrogen) atoms. The number of phenolic OH excluding ortho intramolecular Hbond substituents is 1. The lowest BCUT2D eigenvalue weighted by Crippen LogP contribution is -2.56. The monoisotopic (exact) mass is 495 g/mol. The maximum Gasteiger partial charge on any atom is 0.408 e. The number of amides is 3. The normalized spacial score (nSPS) is 14.9. The number of ether oxygens (including phenoxy) is 1. The molecule has 1 aromatic rings. The average Bonchev–Trinajstić information content (AvgIpc) is 2.73. The number of hydrogen-bond donors (Lipinski definition) is 4. The fourth-order valence-corrected chi connectivity index (χ4v) is 3.82. The summed E-state index contributed by atoms with van der Waals surface area (Å²) in [6.07, 6.45) is 1.52. The Morgan fingerprint density at radius 3 is 2.29 bits per heavy atom. The number of rotatable bonds is 11. The van der Waals surface area contributed by atoms with Gasteiger partial charge in [-0.3, -0.25) is 9.59 Å². The highest BCUT2D eigenvalue weighted by atomic mass is 32.1. The van der Waals surface area contributed by atoms with Gasteiger partial charge >= 0.3 is 6.09 Å². The van der Waals surface area contributed by atoms with Crippen molar-refractivity contribution >= 4 is 30.5 Å². The Bertz CT molecular complexity index is 827. The fourth-order valence-electron chi connectivity index (χ4n) is 3.57. The van der Waals surface area contributed by atoms with E-state index in [1.165, 1.54) is 17.0 Å². The molecule has 0 saturated carbocycles. The summed E-state index contributed by atoms with van der Waals surface area (Å²) < 4.78 is 5.31. The molecule has 1 aromatic carbocycles. The lowest BCUT2D eigenvalue weighted by Gasteiger charge is -2.38. The van der Waals surface area contributed by atoms with Gasteiger partial charge < -0.3 is 25.4 Å². The fraction of sp³-hybridized carbons (Fsp3) is 0.640. The summed E-state index contributed by atoms with van der Waals surface area (Å²) in [5.74, 6) is -0.797. The van der Waals surface area contributed by atoms with Crippen molar-refractivity contribution in [2.75, 3.05) is 5.75 Å². The van der Waals surface area contributed by atoms with Crippen LogP contribution < -0.4 is 10.6 Å². The molecule has 0 aliphatic heterocycles. The molecule has 4 unspecified atom stereocenters. The summed E-state index contributed by atoms with van der Waals surface area (Å²) in [5.41, 5.74) is -0.255. The number of benzene rings is 1. The molecule has 8 nitrogen and oxygen atoms in total. The number of alkyl carbamates (subject to hydrolysis) is 1. The molecule has 0 aromatic heterocycles. The van der Waals surface area contributed by atoms with Gasteiger partial charge in [0, 0.05) is 17.8 Å². The van der Waals surface area contributed by atoms with E-state index in [1.807, 2.05) is 27.7 Å². The molecular formula is C25H41N3O5S. The van der Waals surface area contributed by atoms with Crippen LogP contribution in [-0.4, -0.2) is 57.4 Å². The standard InChI is InChI=1S/C25H41N3O5S/c1-8-11-16(3)26-22(30)21(18-12-10-13-19(29)14-18)28(17(4)9-2)23(31)20(15-34)27-24(32)33-25(5,6)7/h10,12-14,16-17,20-21,29,34H,8-9,11,15H2,1-7H3,(H,26,30)(H,27,32). The van der Waals surface area contributed by atoms with Crippen LogP contribution in [0.3, 0.4) is 0 Å². The third-order valence-electron chi connectivity index (χ3n) is 5.31. The van der Waals surface area contributed by atoms with Crippen LogP contribution in [0.1, 0.15) is 79.3 Å². The number of hydrogen-bond acceptors (Lipinski definition) is 6. The highest BCUT2D eigenvalue weighted by Crippen LogP contribution is 2.28. The summed E-state index contributed by atoms with van der Waals surface area (Å²) in [6, 6.07) is 3.89. The largest absolute Gasteiger partial charge is 0.508 e. The zero-order chi connectivity index (χ0) is 26.1. The predicted molar refractivity (Wildman–Crippen MR) is 137 cm³/mol. The van der Waals surface area contributed by atoms with Gasteiger partial charge in [-0.05, 0) is 65.2 Å². The number of nitrogens with zero attached hydrogens (tertiary/aromatic N) is 1. The van der Waals surface area contributed by atoms with E-state index >= 15 is 0 Å². The molecule has 3 amide bonds. The number of phenols is 1. The molecule has 192 valence electrons. The highest BCUT2D eigenvalue weighted by Gasteiger charge is 2.38. The van der Waals surface area contributed by atoms with Crippen molar-refractivity contribution in [1.29, 1.82) is 0 Å². The first-order valence-electron chi connectivity index (χ1n) is 11.9. The lowest BCUT2D eigenvalue weighted by molar-refractivity contribution is -0.144. The van der Waals surface area contributed by atoms with Crippen molar-refractivity contribution in [2.24, 2.45) is 0 Å². The SMILES string of the molecule is CCCC(C)NC(=O)C(c1cccc(O)c1)N(C(=O)C(CS)NC(=O)OC(C)(C)C)C(C)CC. The summed E-state index contributed by atoms with van der Waals surface area (Å²) in [4.78, 5) is 41.1. The van der Waals surface area contributed by atoms with Crippen molar-refractivity contribution in [3.05, 3.63) is 29.8 Å². The first-order chi connectivity index (χ1) is 15.8. The molecule has 0 heterocycles. The van der Waals surface area contributed by atoms with E-state index in [4.69, 9.17) is 4.74 Å². The molecule has 0 bridgehead atoms. The molecule has 0 saturated heterocycles. The summed E-state index contributed by atoms with van der Waals surface area (Å²) in [6.45, 7) is 12.9. The van der Waals surface area contributed by atoms with E-state index in [0.29, 0.717) is 12.0 Å². The third kappa shape index (κ3) is 9.08. The van der Waals surface area contributed by atoms with E-state index in [-0.39, 0.29) is 29.5 Å². The van der Waals surface area contributed by atoms with Gasteiger partial charge in [0.1, 0.15) is 23.4 Å². The quantitative estimate of drug-likeness (QED) is 0.344. The van der Waals surface area contributed by atoms with Crippen LogP contribution in [0.25, 0.3) is 0 Å². The number of nitrogens with one attached hydrogen (secondary N) is 2. The second-order valence-corrected chi connectivity index (χ2v) is 9.95. The Labute approximate surface area is 209 Å². The van der Waals surface area contributed by atoms with Crippen LogP contribution >= 0.6 is 12.6 Å². The third-order valence-corrected chi connectivity index (χ3v) is 5.68. The Morgan fingerprint density at radius 2 is 1.79 bits per heavy atom. The summed E-state index contributed by atoms with van der Waals surface area (Å²) >= 11 is 4.28. The smallest absolute Gasteiger partial charge is 0.408 e. The van der Waals surface area contributed by atoms with Gasteiger partial charge in [0.25, 0.3) is 0 Å². The Hall–Kier alpha value is -2.42. The van der Waals surface area contributed by atoms with Crippen LogP contribution in [0.15, 0.2) is 24.3 Å². The van der Waals surface area contributed by atoms with E-state index in [0.717, 1.165) is 12.8 Å². The van der Waals surface area contributed by atoms with Crippen LogP contribution in [0.2, 0.25) is 0 Å². The van der Waals surface area contributed by atoms with Gasteiger partial charge in [-0.15, -0.1) is 0 Å². The molecule has 1 rings (SSSR count). The summed E-state index contributed by atoms with van der Waals surface area (Å²) in [7, 11) is 0. The zero-order valence-corrected chi connectivity index (χ0v) is 22.3. The van der Waals surface area contributed by atoms with Gasteiger partial charge in [-0.25, -0.2) is 4.79 Å². The molecule has 0 radical (unpaired) electrons. The van der Waals surface area contributed by atoms with Gasteiger partial charge in [-0.1, -0.05) is 32.4 Å². The van der Waals surface area contributed by atoms with Gasteiger partial charge in [0.05, 0.1) is 0 Å². The molecular weight excluding hydrogens is 454 g/mol. The Balaban J connectivity index is 3.42. The number of aromatic hydroxyl groups is 1. The van der Waals surface area contributed by atoms with Gasteiger partial charge in [0.2, 0.25) is 11.8 Å². The first-order valence-corrected chi connectivity index (χ1v) is 12.5. The highest BCUT2D eigenvalue weighted by molar-refractivity contribution is 7.80. The van der Waals surface area contributed by atoms with Crippen molar-refractivity contribution in [1.82, 2.24) is 15.5 Å². The lowest BCUT2D eigenvalue weighted by atomic mass is 9.99. The van der Waals surface area contributed by atoms with E-state index in [1.54, 1.807) is 32.9 Å². The summed E-state index contributed by atoms with van der Waals surface area (Å²) in [5, 5.41) is 15.7. The topological polar surface area (TPSA) is 108 Å². The molecule has 4 atom stereocenters. The second-order valence-electron chi connectivity index (χ2n) is 9.58. The van der Waals surface area contributed by atoms with Crippen molar-refractivity contribution in [2.45, 2.75) is 97.5 Å². The predicted octanol–water partition coefficient (Wildman–Crippen LogP) is 4.19. The van der Waals surface area contributed by atoms with Crippen LogP contribution in [-0.2, 0) is 14.3 Å². The number of thiol groups is 1. The van der Waals surface area contributed by atoms with Gasteiger partial charge in [-0.2, -0.15) is 12.6 Å². The molecule has 0 fully saturated rings. The van der Waals surface area contributed by atoms with E-state index < -0.39 is 29.7 Å². The maximum absolute atomic E-state index is 13.8. The van der Waals surface area contributed by atoms with Crippen LogP contribution in [0.4, 0.5) is 4.79 Å². The van der Waals surface area contributed by atoms with E-state index in [9.17, 15) is 19.5 Å². The molecule has 3 N–H and O–H groups in total. The molecule has 0 aliphatic carbocycles. The van der Waals surface area contributed by atoms with Gasteiger partial charge in [0.15, 0.2) is 0 Å². The second kappa shape index (κ2) is 13.5. The minimum Gasteiger partial charge on any atom is -0.508 e. The Morgan fingerprint density at radius 1 is 1.15 bits per heavy atom. The number of carbonyl (C=O) groups is 3. The average molecular weight is 496 g/mol. The first kappa shape index (κ1) is 29.6. The molecule has 0 spiro atoms. The molecule has 9 heteroatoms. The van der Waals surface area contributed by atoms with Crippen LogP contribution in [0.5, 0.6) is 5.75 Å².